The van der Waals surface area contributed by atoms with Crippen molar-refractivity contribution in [3.05, 3.63) is 54.1 Å². The zero-order valence-corrected chi connectivity index (χ0v) is 15.6. The molecule has 6 nitrogen and oxygen atoms in total. The van der Waals surface area contributed by atoms with E-state index >= 15 is 0 Å². The van der Waals surface area contributed by atoms with Crippen LogP contribution in [0.25, 0.3) is 0 Å². The molecule has 2 N–H and O–H groups in total. The Kier molecular flexibility index (Phi) is 8.12. The van der Waals surface area contributed by atoms with Crippen molar-refractivity contribution in [2.24, 2.45) is 4.99 Å². The minimum Gasteiger partial charge on any atom is -0.497 e. The lowest BCUT2D eigenvalue weighted by Crippen LogP contribution is -2.39. The molecule has 0 aliphatic rings. The van der Waals surface area contributed by atoms with Gasteiger partial charge in [-0.3, -0.25) is 0 Å². The number of hydrogen-bond donors (Lipinski definition) is 2. The Bertz CT molecular complexity index is 687. The molecule has 0 radical (unpaired) electrons. The number of nitrogens with zero attached hydrogens (tertiary/aromatic N) is 1. The van der Waals surface area contributed by atoms with Gasteiger partial charge in [0.15, 0.2) is 5.96 Å². The number of benzene rings is 2. The summed E-state index contributed by atoms with van der Waals surface area (Å²) in [5.74, 6) is 3.22. The number of ether oxygens (including phenoxy) is 3. The maximum absolute atomic E-state index is 5.71. The van der Waals surface area contributed by atoms with E-state index in [4.69, 9.17) is 14.2 Å². The van der Waals surface area contributed by atoms with Gasteiger partial charge >= 0.3 is 0 Å². The fourth-order valence-electron chi connectivity index (χ4n) is 2.29. The maximum atomic E-state index is 5.71. The van der Waals surface area contributed by atoms with Crippen LogP contribution in [0.15, 0.2) is 53.5 Å². The molecule has 26 heavy (non-hydrogen) atoms. The summed E-state index contributed by atoms with van der Waals surface area (Å²) in [6.45, 7) is 4.59. The average Bonchev–Trinajstić information content (AvgIpc) is 2.69. The molecule has 0 aromatic heterocycles. The maximum Gasteiger partial charge on any atom is 0.191 e. The molecule has 6 heteroatoms. The van der Waals surface area contributed by atoms with Crippen LogP contribution in [-0.4, -0.2) is 39.9 Å². The minimum absolute atomic E-state index is 0.538. The van der Waals surface area contributed by atoms with Crippen molar-refractivity contribution in [1.82, 2.24) is 10.6 Å². The number of rotatable bonds is 9. The monoisotopic (exact) mass is 357 g/mol. The van der Waals surface area contributed by atoms with Crippen molar-refractivity contribution in [3.63, 3.8) is 0 Å². The number of nitrogens with one attached hydrogen (secondary N) is 2. The zero-order valence-electron chi connectivity index (χ0n) is 15.6. The van der Waals surface area contributed by atoms with Crippen LogP contribution in [0.1, 0.15) is 12.5 Å². The molecule has 0 bridgehead atoms. The van der Waals surface area contributed by atoms with Crippen LogP contribution in [0.5, 0.6) is 17.2 Å². The minimum atomic E-state index is 0.538. The van der Waals surface area contributed by atoms with Gasteiger partial charge in [0, 0.05) is 6.54 Å². The molecule has 0 saturated carbocycles. The third-order valence-corrected chi connectivity index (χ3v) is 3.62. The number of aliphatic imine (C=N–C) groups is 1. The molecule has 0 heterocycles. The van der Waals surface area contributed by atoms with E-state index in [2.05, 4.69) is 15.6 Å². The molecule has 2 aromatic rings. The molecule has 0 fully saturated rings. The quantitative estimate of drug-likeness (QED) is 0.410. The van der Waals surface area contributed by atoms with Crippen molar-refractivity contribution in [3.8, 4) is 17.2 Å². The summed E-state index contributed by atoms with van der Waals surface area (Å²) in [7, 11) is 3.31. The number of methoxy groups -OCH3 is 2. The topological polar surface area (TPSA) is 64.1 Å². The second kappa shape index (κ2) is 10.9. The van der Waals surface area contributed by atoms with Gasteiger partial charge in [-0.05, 0) is 48.9 Å². The lowest BCUT2D eigenvalue weighted by Gasteiger charge is -2.12. The van der Waals surface area contributed by atoms with Crippen LogP contribution in [0.2, 0.25) is 0 Å². The van der Waals surface area contributed by atoms with E-state index in [1.807, 2.05) is 55.5 Å². The molecule has 2 rings (SSSR count). The van der Waals surface area contributed by atoms with Gasteiger partial charge in [0.05, 0.1) is 27.3 Å². The fraction of sp³-hybridized carbons (Fsp3) is 0.350. The first-order valence-corrected chi connectivity index (χ1v) is 8.67. The Morgan fingerprint density at radius 1 is 0.923 bits per heavy atom. The van der Waals surface area contributed by atoms with Crippen LogP contribution in [-0.2, 0) is 6.54 Å². The standard InChI is InChI=1S/C20H27N3O3/c1-4-21-20(23-15-16-6-5-7-19(14-16)25-3)22-12-13-26-18-10-8-17(24-2)9-11-18/h5-11,14H,4,12-13,15H2,1-3H3,(H2,21,22,23). The van der Waals surface area contributed by atoms with Crippen molar-refractivity contribution in [2.75, 3.05) is 33.9 Å². The van der Waals surface area contributed by atoms with E-state index in [0.29, 0.717) is 19.7 Å². The average molecular weight is 357 g/mol. The second-order valence-corrected chi connectivity index (χ2v) is 5.50. The van der Waals surface area contributed by atoms with Gasteiger partial charge < -0.3 is 24.8 Å². The number of hydrogen-bond acceptors (Lipinski definition) is 4. The predicted octanol–water partition coefficient (Wildman–Crippen LogP) is 2.84. The molecule has 0 spiro atoms. The first kappa shape index (κ1) is 19.4. The van der Waals surface area contributed by atoms with E-state index < -0.39 is 0 Å². The Morgan fingerprint density at radius 2 is 1.65 bits per heavy atom. The highest BCUT2D eigenvalue weighted by Crippen LogP contribution is 2.16. The molecule has 0 amide bonds. The summed E-state index contributed by atoms with van der Waals surface area (Å²) in [4.78, 5) is 4.59. The highest BCUT2D eigenvalue weighted by atomic mass is 16.5. The third-order valence-electron chi connectivity index (χ3n) is 3.62. The zero-order chi connectivity index (χ0) is 18.6. The molecule has 0 saturated heterocycles. The molecule has 0 atom stereocenters. The highest BCUT2D eigenvalue weighted by Gasteiger charge is 2.00. The van der Waals surface area contributed by atoms with Gasteiger partial charge in [-0.1, -0.05) is 12.1 Å². The Labute approximate surface area is 155 Å². The highest BCUT2D eigenvalue weighted by molar-refractivity contribution is 5.79. The fourth-order valence-corrected chi connectivity index (χ4v) is 2.29. The lowest BCUT2D eigenvalue weighted by atomic mass is 10.2. The van der Waals surface area contributed by atoms with Crippen LogP contribution in [0.4, 0.5) is 0 Å². The molecular formula is C20H27N3O3. The summed E-state index contributed by atoms with van der Waals surface area (Å²) in [6, 6.07) is 15.4. The SMILES string of the molecule is CCNC(=NCc1cccc(OC)c1)NCCOc1ccc(OC)cc1. The van der Waals surface area contributed by atoms with Gasteiger partial charge in [-0.25, -0.2) is 4.99 Å². The van der Waals surface area contributed by atoms with Gasteiger partial charge in [-0.15, -0.1) is 0 Å². The van der Waals surface area contributed by atoms with E-state index in [1.54, 1.807) is 14.2 Å². The first-order chi connectivity index (χ1) is 12.7. The largest absolute Gasteiger partial charge is 0.497 e. The number of guanidine groups is 1. The molecule has 140 valence electrons. The van der Waals surface area contributed by atoms with E-state index in [1.165, 1.54) is 0 Å². The van der Waals surface area contributed by atoms with Gasteiger partial charge in [0.2, 0.25) is 0 Å². The molecule has 2 aromatic carbocycles. The van der Waals surface area contributed by atoms with E-state index in [-0.39, 0.29) is 0 Å². The normalized spacial score (nSPS) is 11.0. The van der Waals surface area contributed by atoms with E-state index in [9.17, 15) is 0 Å². The van der Waals surface area contributed by atoms with Gasteiger partial charge in [-0.2, -0.15) is 0 Å². The van der Waals surface area contributed by atoms with Gasteiger partial charge in [0.25, 0.3) is 0 Å². The second-order valence-electron chi connectivity index (χ2n) is 5.50. The molecule has 0 aliphatic carbocycles. The third kappa shape index (κ3) is 6.55. The summed E-state index contributed by atoms with van der Waals surface area (Å²) in [5, 5.41) is 6.50. The summed E-state index contributed by atoms with van der Waals surface area (Å²) >= 11 is 0. The molecule has 0 unspecified atom stereocenters. The van der Waals surface area contributed by atoms with Crippen molar-refractivity contribution in [1.29, 1.82) is 0 Å². The Balaban J connectivity index is 1.80. The van der Waals surface area contributed by atoms with Crippen LogP contribution in [0.3, 0.4) is 0 Å². The molecule has 0 aliphatic heterocycles. The van der Waals surface area contributed by atoms with Crippen LogP contribution >= 0.6 is 0 Å². The van der Waals surface area contributed by atoms with Crippen LogP contribution < -0.4 is 24.8 Å². The van der Waals surface area contributed by atoms with Crippen molar-refractivity contribution >= 4 is 5.96 Å². The Morgan fingerprint density at radius 3 is 2.35 bits per heavy atom. The van der Waals surface area contributed by atoms with E-state index in [0.717, 1.165) is 35.3 Å². The summed E-state index contributed by atoms with van der Waals surface area (Å²) < 4.78 is 16.1. The van der Waals surface area contributed by atoms with Gasteiger partial charge in [0.1, 0.15) is 23.9 Å². The van der Waals surface area contributed by atoms with Crippen molar-refractivity contribution < 1.29 is 14.2 Å². The molecular weight excluding hydrogens is 330 g/mol. The summed E-state index contributed by atoms with van der Waals surface area (Å²) in [6.07, 6.45) is 0. The lowest BCUT2D eigenvalue weighted by molar-refractivity contribution is 0.321. The summed E-state index contributed by atoms with van der Waals surface area (Å²) in [5.41, 5.74) is 1.09. The predicted molar refractivity (Wildman–Crippen MR) is 104 cm³/mol. The first-order valence-electron chi connectivity index (χ1n) is 8.67. The Hall–Kier alpha value is -2.89. The smallest absolute Gasteiger partial charge is 0.191 e. The van der Waals surface area contributed by atoms with Crippen molar-refractivity contribution in [2.45, 2.75) is 13.5 Å². The van der Waals surface area contributed by atoms with Crippen LogP contribution in [0, 0.1) is 0 Å².